The first-order valence-corrected chi connectivity index (χ1v) is 11.2. The summed E-state index contributed by atoms with van der Waals surface area (Å²) in [7, 11) is -7.53. The molecule has 0 amide bonds. The Morgan fingerprint density at radius 3 is 2.19 bits per heavy atom. The Labute approximate surface area is 152 Å². The van der Waals surface area contributed by atoms with Crippen LogP contribution in [0.1, 0.15) is 30.0 Å². The zero-order valence-electron chi connectivity index (χ0n) is 14.7. The third-order valence-electron chi connectivity index (χ3n) is 3.47. The summed E-state index contributed by atoms with van der Waals surface area (Å²) in [5, 5.41) is 5.49. The number of aryl methyl sites for hydroxylation is 2. The van der Waals surface area contributed by atoms with Gasteiger partial charge in [0.05, 0.1) is 11.5 Å². The van der Waals surface area contributed by atoms with E-state index in [-0.39, 0.29) is 16.5 Å². The Hall–Kier alpha value is -2.20. The van der Waals surface area contributed by atoms with Crippen molar-refractivity contribution >= 4 is 25.7 Å². The van der Waals surface area contributed by atoms with Gasteiger partial charge < -0.3 is 0 Å². The molecular formula is C16H21N3O5S2. The molecule has 1 aromatic carbocycles. The lowest BCUT2D eigenvalue weighted by Gasteiger charge is -2.09. The molecule has 0 radical (unpaired) electrons. The summed E-state index contributed by atoms with van der Waals surface area (Å²) in [6.45, 7) is 5.41. The number of aromatic nitrogens is 2. The highest BCUT2D eigenvalue weighted by molar-refractivity contribution is 7.92. The molecule has 0 aliphatic heterocycles. The highest BCUT2D eigenvalue weighted by Gasteiger charge is 2.19. The molecule has 0 atom stereocenters. The van der Waals surface area contributed by atoms with Gasteiger partial charge in [-0.3, -0.25) is 14.6 Å². The van der Waals surface area contributed by atoms with E-state index in [2.05, 4.69) is 14.9 Å². The fourth-order valence-corrected chi connectivity index (χ4v) is 4.90. The molecule has 0 spiro atoms. The van der Waals surface area contributed by atoms with E-state index in [1.165, 1.54) is 0 Å². The maximum atomic E-state index is 12.3. The second-order valence-corrected chi connectivity index (χ2v) is 9.92. The van der Waals surface area contributed by atoms with E-state index in [1.54, 1.807) is 19.1 Å². The lowest BCUT2D eigenvalue weighted by atomic mass is 10.1. The minimum atomic E-state index is -3.88. The average molecular weight is 399 g/mol. The topological polar surface area (TPSA) is 126 Å². The highest BCUT2D eigenvalue weighted by Crippen LogP contribution is 2.13. The Bertz CT molecular complexity index is 1050. The fraction of sp³-hybridized carbons (Fsp3) is 0.375. The molecule has 0 saturated carbocycles. The maximum absolute atomic E-state index is 12.3. The van der Waals surface area contributed by atoms with Crippen molar-refractivity contribution in [2.45, 2.75) is 38.0 Å². The quantitative estimate of drug-likeness (QED) is 0.727. The molecule has 2 aromatic rings. The van der Waals surface area contributed by atoms with Gasteiger partial charge in [-0.1, -0.05) is 36.2 Å². The Morgan fingerprint density at radius 2 is 1.65 bits per heavy atom. The van der Waals surface area contributed by atoms with Gasteiger partial charge in [0.2, 0.25) is 21.3 Å². The van der Waals surface area contributed by atoms with Crippen molar-refractivity contribution in [3.8, 4) is 0 Å². The van der Waals surface area contributed by atoms with Crippen LogP contribution in [0.15, 0.2) is 34.1 Å². The van der Waals surface area contributed by atoms with Crippen LogP contribution in [0, 0.1) is 13.8 Å². The Balaban J connectivity index is 2.25. The second-order valence-electron chi connectivity index (χ2n) is 6.12. The first-order chi connectivity index (χ1) is 12.0. The van der Waals surface area contributed by atoms with Crippen molar-refractivity contribution in [3.63, 3.8) is 0 Å². The monoisotopic (exact) mass is 399 g/mol. The van der Waals surface area contributed by atoms with E-state index in [4.69, 9.17) is 0 Å². The standard InChI is InChI=1S/C16H21N3O5S2/c1-4-5-25(21,22)15-9-14(20)16(18-17-15)19-26(23,24)10-13-7-11(2)6-12(3)8-13/h6-9H,4-5,10H2,1-3H3,(H,17,20)(H,18,19). The molecule has 0 saturated heterocycles. The van der Waals surface area contributed by atoms with Crippen molar-refractivity contribution in [2.24, 2.45) is 0 Å². The minimum absolute atomic E-state index is 0.137. The molecule has 26 heavy (non-hydrogen) atoms. The van der Waals surface area contributed by atoms with Crippen LogP contribution in [0.4, 0.5) is 5.82 Å². The van der Waals surface area contributed by atoms with Gasteiger partial charge in [0.1, 0.15) is 0 Å². The minimum Gasteiger partial charge on any atom is -0.286 e. The van der Waals surface area contributed by atoms with E-state index >= 15 is 0 Å². The van der Waals surface area contributed by atoms with Gasteiger partial charge in [0.15, 0.2) is 14.9 Å². The predicted octanol–water partition coefficient (Wildman–Crippen LogP) is 1.51. The number of nitrogens with one attached hydrogen (secondary N) is 2. The third kappa shape index (κ3) is 5.15. The number of anilines is 1. The van der Waals surface area contributed by atoms with Crippen LogP contribution in [-0.4, -0.2) is 32.8 Å². The first-order valence-electron chi connectivity index (χ1n) is 7.92. The molecule has 1 heterocycles. The number of hydrogen-bond donors (Lipinski definition) is 2. The predicted molar refractivity (Wildman–Crippen MR) is 99.4 cm³/mol. The molecular weight excluding hydrogens is 378 g/mol. The van der Waals surface area contributed by atoms with Crippen LogP contribution in [0.3, 0.4) is 0 Å². The van der Waals surface area contributed by atoms with Gasteiger partial charge >= 0.3 is 0 Å². The molecule has 10 heteroatoms. The average Bonchev–Trinajstić information content (AvgIpc) is 2.47. The summed E-state index contributed by atoms with van der Waals surface area (Å²) < 4.78 is 50.6. The summed E-state index contributed by atoms with van der Waals surface area (Å²) in [4.78, 5) is 12.1. The largest absolute Gasteiger partial charge is 0.286 e. The number of H-pyrrole nitrogens is 1. The molecule has 0 unspecified atom stereocenters. The van der Waals surface area contributed by atoms with Crippen molar-refractivity contribution in [2.75, 3.05) is 10.5 Å². The summed E-state index contributed by atoms with van der Waals surface area (Å²) >= 11 is 0. The molecule has 0 aliphatic carbocycles. The van der Waals surface area contributed by atoms with Crippen molar-refractivity contribution in [1.29, 1.82) is 0 Å². The lowest BCUT2D eigenvalue weighted by molar-refractivity contribution is 0.588. The summed E-state index contributed by atoms with van der Waals surface area (Å²) in [5.41, 5.74) is 1.62. The molecule has 0 aliphatic rings. The van der Waals surface area contributed by atoms with Gasteiger partial charge in [-0.25, -0.2) is 16.8 Å². The summed E-state index contributed by atoms with van der Waals surface area (Å²) in [5.74, 6) is -0.931. The number of benzene rings is 1. The molecule has 0 fully saturated rings. The van der Waals surface area contributed by atoms with Gasteiger partial charge in [0, 0.05) is 6.07 Å². The maximum Gasteiger partial charge on any atom is 0.238 e. The molecule has 142 valence electrons. The molecule has 8 nitrogen and oxygen atoms in total. The van der Waals surface area contributed by atoms with E-state index in [1.807, 2.05) is 19.9 Å². The van der Waals surface area contributed by atoms with Crippen LogP contribution in [0.2, 0.25) is 0 Å². The van der Waals surface area contributed by atoms with Crippen LogP contribution in [-0.2, 0) is 25.6 Å². The highest BCUT2D eigenvalue weighted by atomic mass is 32.2. The SMILES string of the molecule is CCCS(=O)(=O)c1cc(=O)c(NS(=O)(=O)Cc2cc(C)cc(C)c2)n[nH]1. The number of rotatable bonds is 7. The van der Waals surface area contributed by atoms with E-state index in [0.29, 0.717) is 12.0 Å². The van der Waals surface area contributed by atoms with Crippen LogP contribution in [0.5, 0.6) is 0 Å². The van der Waals surface area contributed by atoms with Crippen LogP contribution in [0.25, 0.3) is 0 Å². The third-order valence-corrected chi connectivity index (χ3v) is 6.51. The smallest absolute Gasteiger partial charge is 0.238 e. The van der Waals surface area contributed by atoms with Gasteiger partial charge in [-0.15, -0.1) is 0 Å². The zero-order valence-corrected chi connectivity index (χ0v) is 16.4. The molecule has 2 N–H and O–H groups in total. The van der Waals surface area contributed by atoms with E-state index in [0.717, 1.165) is 17.2 Å². The number of nitrogens with zero attached hydrogens (tertiary/aromatic N) is 1. The van der Waals surface area contributed by atoms with Crippen LogP contribution < -0.4 is 10.2 Å². The van der Waals surface area contributed by atoms with Crippen molar-refractivity contribution in [3.05, 3.63) is 51.2 Å². The lowest BCUT2D eigenvalue weighted by Crippen LogP contribution is -2.23. The zero-order chi connectivity index (χ0) is 19.5. The number of hydrogen-bond acceptors (Lipinski definition) is 6. The Morgan fingerprint density at radius 1 is 1.04 bits per heavy atom. The fourth-order valence-electron chi connectivity index (χ4n) is 2.55. The van der Waals surface area contributed by atoms with Crippen molar-refractivity contribution < 1.29 is 16.8 Å². The summed E-state index contributed by atoms with van der Waals surface area (Å²) in [6.07, 6.45) is 0.384. The van der Waals surface area contributed by atoms with Crippen molar-refractivity contribution in [1.82, 2.24) is 10.2 Å². The molecule has 1 aromatic heterocycles. The van der Waals surface area contributed by atoms with Crippen LogP contribution >= 0.6 is 0 Å². The Kier molecular flexibility index (Phi) is 5.87. The van der Waals surface area contributed by atoms with Gasteiger partial charge in [-0.05, 0) is 25.8 Å². The van der Waals surface area contributed by atoms with E-state index < -0.39 is 31.1 Å². The first kappa shape index (κ1) is 20.1. The normalized spacial score (nSPS) is 12.1. The van der Waals surface area contributed by atoms with Gasteiger partial charge in [-0.2, -0.15) is 5.10 Å². The molecule has 2 rings (SSSR count). The number of aromatic amines is 1. The van der Waals surface area contributed by atoms with E-state index in [9.17, 15) is 21.6 Å². The number of sulfone groups is 1. The van der Waals surface area contributed by atoms with Gasteiger partial charge in [0.25, 0.3) is 0 Å². The second kappa shape index (κ2) is 7.58. The summed E-state index contributed by atoms with van der Waals surface area (Å²) in [6, 6.07) is 6.24. The molecule has 0 bridgehead atoms. The number of sulfonamides is 1.